The minimum Gasteiger partial charge on any atom is -0.508 e. The predicted molar refractivity (Wildman–Crippen MR) is 134 cm³/mol. The first kappa shape index (κ1) is 24.1. The molecule has 0 radical (unpaired) electrons. The van der Waals surface area contributed by atoms with Crippen molar-refractivity contribution in [2.45, 2.75) is 51.0 Å². The summed E-state index contributed by atoms with van der Waals surface area (Å²) < 4.78 is 41.6. The maximum atomic E-state index is 13.9. The van der Waals surface area contributed by atoms with Gasteiger partial charge in [0.2, 0.25) is 5.95 Å². The molecular weight excluding hydrogens is 467 g/mol. The van der Waals surface area contributed by atoms with Gasteiger partial charge in [0.05, 0.1) is 5.69 Å². The minimum atomic E-state index is -4.62. The number of aromatic amines is 1. The average molecular weight is 496 g/mol. The number of aromatic nitrogens is 3. The molecule has 188 valence electrons. The number of halogens is 3. The number of hydrogen-bond acceptors (Lipinski definition) is 5. The zero-order valence-corrected chi connectivity index (χ0v) is 20.1. The highest BCUT2D eigenvalue weighted by molar-refractivity contribution is 5.96. The van der Waals surface area contributed by atoms with Crippen molar-refractivity contribution in [3.63, 3.8) is 0 Å². The van der Waals surface area contributed by atoms with Crippen molar-refractivity contribution in [2.75, 3.05) is 11.9 Å². The second-order valence-corrected chi connectivity index (χ2v) is 9.94. The number of piperidine rings is 1. The number of likely N-dealkylation sites (tertiary alicyclic amines) is 1. The lowest BCUT2D eigenvalue weighted by Crippen LogP contribution is -2.53. The number of alkyl halides is 3. The summed E-state index contributed by atoms with van der Waals surface area (Å²) in [6.45, 7) is 5.93. The molecule has 3 N–H and O–H groups in total. The van der Waals surface area contributed by atoms with Gasteiger partial charge >= 0.3 is 6.18 Å². The lowest BCUT2D eigenvalue weighted by molar-refractivity contribution is -0.137. The van der Waals surface area contributed by atoms with Gasteiger partial charge in [0.25, 0.3) is 0 Å². The van der Waals surface area contributed by atoms with Crippen LogP contribution in [0.5, 0.6) is 5.75 Å². The lowest BCUT2D eigenvalue weighted by Gasteiger charge is -2.45. The Kier molecular flexibility index (Phi) is 6.12. The fraction of sp³-hybridized carbons (Fsp3) is 0.333. The van der Waals surface area contributed by atoms with Crippen molar-refractivity contribution in [2.24, 2.45) is 0 Å². The molecule has 1 atom stereocenters. The molecule has 5 rings (SSSR count). The van der Waals surface area contributed by atoms with E-state index < -0.39 is 11.7 Å². The number of hydrogen-bond donors (Lipinski definition) is 3. The van der Waals surface area contributed by atoms with E-state index in [-0.39, 0.29) is 29.0 Å². The highest BCUT2D eigenvalue weighted by Crippen LogP contribution is 2.39. The van der Waals surface area contributed by atoms with Crippen LogP contribution in [0.2, 0.25) is 0 Å². The molecule has 0 saturated carbocycles. The van der Waals surface area contributed by atoms with Crippen molar-refractivity contribution < 1.29 is 18.3 Å². The molecule has 2 aromatic carbocycles. The first-order chi connectivity index (χ1) is 17.1. The zero-order chi connectivity index (χ0) is 25.5. The number of fused-ring (bicyclic) bond motifs is 1. The first-order valence-corrected chi connectivity index (χ1v) is 11.9. The monoisotopic (exact) mass is 495 g/mol. The number of aromatic hydroxyl groups is 1. The summed E-state index contributed by atoms with van der Waals surface area (Å²) in [4.78, 5) is 13.7. The molecule has 0 bridgehead atoms. The molecular formula is C27H28F3N5O. The molecule has 1 aliphatic rings. The van der Waals surface area contributed by atoms with Gasteiger partial charge < -0.3 is 15.4 Å². The summed E-state index contributed by atoms with van der Waals surface area (Å²) in [5.41, 5.74) is 0.933. The third kappa shape index (κ3) is 4.88. The van der Waals surface area contributed by atoms with E-state index in [0.29, 0.717) is 23.0 Å². The molecule has 0 aliphatic carbocycles. The van der Waals surface area contributed by atoms with Crippen LogP contribution in [0.15, 0.2) is 60.9 Å². The summed E-state index contributed by atoms with van der Waals surface area (Å²) in [5, 5.41) is 13.6. The number of H-pyrrole nitrogens is 1. The third-order valence-corrected chi connectivity index (χ3v) is 6.97. The Balaban J connectivity index is 1.44. The Morgan fingerprint density at radius 2 is 1.94 bits per heavy atom. The number of anilines is 1. The standard InChI is InChI=1S/C27H28F3N5O/c1-26(2)11-10-18(16-35(26)15-17-6-4-3-5-7-17)33-25-32-14-22(27(28,29)30)24(34-25)21-13-31-23-12-19(36)8-9-20(21)23/h3-9,12-14,18,31,36H,10-11,15-16H2,1-2H3,(H,32,33,34)/t18-/m0/s1. The van der Waals surface area contributed by atoms with Crippen LogP contribution in [0.1, 0.15) is 37.8 Å². The van der Waals surface area contributed by atoms with E-state index in [4.69, 9.17) is 0 Å². The van der Waals surface area contributed by atoms with Gasteiger partial charge in [-0.2, -0.15) is 13.2 Å². The van der Waals surface area contributed by atoms with Gasteiger partial charge in [-0.05, 0) is 44.4 Å². The number of nitrogens with one attached hydrogen (secondary N) is 2. The molecule has 4 aromatic rings. The molecule has 0 unspecified atom stereocenters. The molecule has 0 amide bonds. The molecule has 9 heteroatoms. The van der Waals surface area contributed by atoms with Crippen LogP contribution in [0.25, 0.3) is 22.2 Å². The molecule has 0 spiro atoms. The van der Waals surface area contributed by atoms with E-state index in [2.05, 4.69) is 51.1 Å². The fourth-order valence-electron chi connectivity index (χ4n) is 4.85. The van der Waals surface area contributed by atoms with Crippen molar-refractivity contribution in [1.29, 1.82) is 0 Å². The van der Waals surface area contributed by atoms with Gasteiger partial charge in [-0.3, -0.25) is 4.90 Å². The molecule has 6 nitrogen and oxygen atoms in total. The summed E-state index contributed by atoms with van der Waals surface area (Å²) >= 11 is 0. The van der Waals surface area contributed by atoms with Gasteiger partial charge in [-0.1, -0.05) is 30.3 Å². The highest BCUT2D eigenvalue weighted by Gasteiger charge is 2.37. The van der Waals surface area contributed by atoms with E-state index in [1.165, 1.54) is 23.9 Å². The normalized spacial score (nSPS) is 18.4. The summed E-state index contributed by atoms with van der Waals surface area (Å²) in [5.74, 6) is 0.188. The van der Waals surface area contributed by atoms with Gasteiger partial charge in [0.15, 0.2) is 0 Å². The molecule has 3 heterocycles. The van der Waals surface area contributed by atoms with Crippen LogP contribution in [-0.2, 0) is 12.7 Å². The number of phenols is 1. The van der Waals surface area contributed by atoms with E-state index in [9.17, 15) is 18.3 Å². The van der Waals surface area contributed by atoms with Gasteiger partial charge in [0, 0.05) is 59.6 Å². The highest BCUT2D eigenvalue weighted by atomic mass is 19.4. The molecule has 2 aromatic heterocycles. The van der Waals surface area contributed by atoms with E-state index in [1.54, 1.807) is 6.07 Å². The van der Waals surface area contributed by atoms with Crippen LogP contribution in [0.3, 0.4) is 0 Å². The van der Waals surface area contributed by atoms with Gasteiger partial charge in [-0.15, -0.1) is 0 Å². The maximum Gasteiger partial charge on any atom is 0.419 e. The van der Waals surface area contributed by atoms with Crippen molar-refractivity contribution in [3.8, 4) is 17.0 Å². The SMILES string of the molecule is CC1(C)CC[C@H](Nc2ncc(C(F)(F)F)c(-c3c[nH]c4cc(O)ccc34)n2)CN1Cc1ccccc1. The number of benzene rings is 2. The summed E-state index contributed by atoms with van der Waals surface area (Å²) in [6, 6.07) is 14.7. The van der Waals surface area contributed by atoms with E-state index >= 15 is 0 Å². The predicted octanol–water partition coefficient (Wildman–Crippen LogP) is 6.20. The molecule has 1 fully saturated rings. The second-order valence-electron chi connectivity index (χ2n) is 9.94. The molecule has 36 heavy (non-hydrogen) atoms. The maximum absolute atomic E-state index is 13.9. The van der Waals surface area contributed by atoms with Crippen molar-refractivity contribution in [3.05, 3.63) is 72.1 Å². The minimum absolute atomic E-state index is 0.00419. The fourth-order valence-corrected chi connectivity index (χ4v) is 4.85. The van der Waals surface area contributed by atoms with Crippen LogP contribution in [-0.4, -0.2) is 43.1 Å². The first-order valence-electron chi connectivity index (χ1n) is 11.9. The Labute approximate surface area is 207 Å². The van der Waals surface area contributed by atoms with Crippen LogP contribution >= 0.6 is 0 Å². The van der Waals surface area contributed by atoms with Gasteiger partial charge in [-0.25, -0.2) is 9.97 Å². The quantitative estimate of drug-likeness (QED) is 0.307. The topological polar surface area (TPSA) is 77.1 Å². The Bertz CT molecular complexity index is 1370. The number of rotatable bonds is 5. The molecule has 1 aliphatic heterocycles. The lowest BCUT2D eigenvalue weighted by atomic mass is 9.87. The number of phenolic OH excluding ortho intramolecular Hbond substituents is 1. The smallest absolute Gasteiger partial charge is 0.419 e. The Morgan fingerprint density at radius 1 is 1.17 bits per heavy atom. The average Bonchev–Trinajstić information content (AvgIpc) is 3.24. The van der Waals surface area contributed by atoms with E-state index in [1.807, 2.05) is 18.2 Å². The largest absolute Gasteiger partial charge is 0.508 e. The Hall–Kier alpha value is -3.59. The zero-order valence-electron chi connectivity index (χ0n) is 20.1. The molecule has 1 saturated heterocycles. The Morgan fingerprint density at radius 3 is 2.69 bits per heavy atom. The summed E-state index contributed by atoms with van der Waals surface area (Å²) in [6.07, 6.45) is -0.508. The van der Waals surface area contributed by atoms with Crippen LogP contribution in [0, 0.1) is 0 Å². The van der Waals surface area contributed by atoms with Crippen molar-refractivity contribution in [1.82, 2.24) is 19.9 Å². The second kappa shape index (κ2) is 9.13. The third-order valence-electron chi connectivity index (χ3n) is 6.97. The summed E-state index contributed by atoms with van der Waals surface area (Å²) in [7, 11) is 0. The van der Waals surface area contributed by atoms with Crippen LogP contribution < -0.4 is 5.32 Å². The van der Waals surface area contributed by atoms with Gasteiger partial charge in [0.1, 0.15) is 11.3 Å². The van der Waals surface area contributed by atoms with Crippen LogP contribution in [0.4, 0.5) is 19.1 Å². The number of nitrogens with zero attached hydrogens (tertiary/aromatic N) is 3. The van der Waals surface area contributed by atoms with Crippen molar-refractivity contribution >= 4 is 16.9 Å². The van der Waals surface area contributed by atoms with E-state index in [0.717, 1.165) is 25.6 Å².